The Morgan fingerprint density at radius 1 is 0.958 bits per heavy atom. The summed E-state index contributed by atoms with van der Waals surface area (Å²) in [7, 11) is 0. The third kappa shape index (κ3) is 5.43. The van der Waals surface area contributed by atoms with Gasteiger partial charge in [0.1, 0.15) is 12.6 Å². The average Bonchev–Trinajstić information content (AvgIpc) is 2.59. The van der Waals surface area contributed by atoms with Gasteiger partial charge in [-0.1, -0.05) is 62.4 Å². The maximum Gasteiger partial charge on any atom is 0.408 e. The van der Waals surface area contributed by atoms with Crippen molar-refractivity contribution in [2.45, 2.75) is 26.5 Å². The molecule has 0 unspecified atom stereocenters. The average molecular weight is 326 g/mol. The number of hydrogen-bond acceptors (Lipinski definition) is 3. The lowest BCUT2D eigenvalue weighted by Crippen LogP contribution is -2.47. The van der Waals surface area contributed by atoms with Crippen molar-refractivity contribution in [3.63, 3.8) is 0 Å². The molecule has 0 aromatic heterocycles. The third-order valence-corrected chi connectivity index (χ3v) is 3.48. The molecular formula is C19H22N2O3. The zero-order valence-corrected chi connectivity index (χ0v) is 13.9. The van der Waals surface area contributed by atoms with E-state index in [4.69, 9.17) is 4.74 Å². The molecule has 0 radical (unpaired) electrons. The van der Waals surface area contributed by atoms with E-state index in [1.807, 2.05) is 62.4 Å². The minimum atomic E-state index is -0.673. The highest BCUT2D eigenvalue weighted by molar-refractivity contribution is 5.96. The number of nitrogens with one attached hydrogen (secondary N) is 2. The second kappa shape index (κ2) is 8.72. The Morgan fingerprint density at radius 2 is 1.54 bits per heavy atom. The molecule has 5 nitrogen and oxygen atoms in total. The summed E-state index contributed by atoms with van der Waals surface area (Å²) in [5, 5.41) is 5.43. The molecule has 2 amide bonds. The lowest BCUT2D eigenvalue weighted by molar-refractivity contribution is -0.119. The Kier molecular flexibility index (Phi) is 6.37. The molecule has 0 saturated heterocycles. The number of carbonyl (C=O) groups excluding carboxylic acids is 2. The van der Waals surface area contributed by atoms with Crippen LogP contribution in [0, 0.1) is 5.92 Å². The number of rotatable bonds is 6. The minimum Gasteiger partial charge on any atom is -0.445 e. The highest BCUT2D eigenvalue weighted by Crippen LogP contribution is 2.10. The van der Waals surface area contributed by atoms with E-state index in [0.717, 1.165) is 5.56 Å². The predicted octanol–water partition coefficient (Wildman–Crippen LogP) is 3.58. The fourth-order valence-corrected chi connectivity index (χ4v) is 2.17. The van der Waals surface area contributed by atoms with Crippen LogP contribution in [0.5, 0.6) is 0 Å². The zero-order chi connectivity index (χ0) is 17.4. The van der Waals surface area contributed by atoms with Crippen LogP contribution in [0.2, 0.25) is 0 Å². The van der Waals surface area contributed by atoms with Crippen LogP contribution in [0.1, 0.15) is 19.4 Å². The van der Waals surface area contributed by atoms with Gasteiger partial charge >= 0.3 is 6.09 Å². The number of carbonyl (C=O) groups is 2. The molecule has 0 heterocycles. The van der Waals surface area contributed by atoms with E-state index in [9.17, 15) is 9.59 Å². The van der Waals surface area contributed by atoms with Crippen molar-refractivity contribution in [3.05, 3.63) is 66.2 Å². The molecule has 2 rings (SSSR count). The van der Waals surface area contributed by atoms with Crippen LogP contribution in [-0.4, -0.2) is 18.0 Å². The van der Waals surface area contributed by atoms with E-state index in [0.29, 0.717) is 5.69 Å². The smallest absolute Gasteiger partial charge is 0.408 e. The molecular weight excluding hydrogens is 304 g/mol. The summed E-state index contributed by atoms with van der Waals surface area (Å²) in [5.41, 5.74) is 1.58. The normalized spacial score (nSPS) is 11.6. The Bertz CT molecular complexity index is 657. The van der Waals surface area contributed by atoms with Gasteiger partial charge in [0.15, 0.2) is 0 Å². The molecule has 0 spiro atoms. The molecule has 2 N–H and O–H groups in total. The Hall–Kier alpha value is -2.82. The molecule has 0 aliphatic rings. The first-order valence-electron chi connectivity index (χ1n) is 7.89. The fraction of sp³-hybridized carbons (Fsp3) is 0.263. The second-order valence-electron chi connectivity index (χ2n) is 5.78. The SMILES string of the molecule is CC(C)[C@@H](NC(=O)OCc1ccccc1)C(=O)Nc1ccccc1. The van der Waals surface area contributed by atoms with E-state index in [-0.39, 0.29) is 18.4 Å². The topological polar surface area (TPSA) is 67.4 Å². The summed E-state index contributed by atoms with van der Waals surface area (Å²) in [4.78, 5) is 24.4. The van der Waals surface area contributed by atoms with Crippen molar-refractivity contribution in [2.75, 3.05) is 5.32 Å². The van der Waals surface area contributed by atoms with E-state index >= 15 is 0 Å². The van der Waals surface area contributed by atoms with Gasteiger partial charge in [0.05, 0.1) is 0 Å². The minimum absolute atomic E-state index is 0.0713. The van der Waals surface area contributed by atoms with Gasteiger partial charge < -0.3 is 15.4 Å². The van der Waals surface area contributed by atoms with Crippen LogP contribution in [0.4, 0.5) is 10.5 Å². The van der Waals surface area contributed by atoms with Gasteiger partial charge in [-0.05, 0) is 23.6 Å². The number of para-hydroxylation sites is 1. The monoisotopic (exact) mass is 326 g/mol. The lowest BCUT2D eigenvalue weighted by Gasteiger charge is -2.21. The number of benzene rings is 2. The standard InChI is InChI=1S/C19H22N2O3/c1-14(2)17(18(22)20-16-11-7-4-8-12-16)21-19(23)24-13-15-9-5-3-6-10-15/h3-12,14,17H,13H2,1-2H3,(H,20,22)(H,21,23)/t17-/m1/s1. The van der Waals surface area contributed by atoms with Crippen LogP contribution in [-0.2, 0) is 16.1 Å². The molecule has 2 aromatic rings. The van der Waals surface area contributed by atoms with Gasteiger partial charge in [0.25, 0.3) is 0 Å². The van der Waals surface area contributed by atoms with Gasteiger partial charge in [-0.2, -0.15) is 0 Å². The first kappa shape index (κ1) is 17.5. The van der Waals surface area contributed by atoms with Gasteiger partial charge in [-0.3, -0.25) is 4.79 Å². The Labute approximate surface area is 142 Å². The first-order chi connectivity index (χ1) is 11.6. The van der Waals surface area contributed by atoms with Crippen molar-refractivity contribution in [3.8, 4) is 0 Å². The van der Waals surface area contributed by atoms with Crippen LogP contribution in [0.3, 0.4) is 0 Å². The molecule has 0 aliphatic carbocycles. The largest absolute Gasteiger partial charge is 0.445 e. The summed E-state index contributed by atoms with van der Waals surface area (Å²) in [5.74, 6) is -0.342. The van der Waals surface area contributed by atoms with Crippen molar-refractivity contribution in [2.24, 2.45) is 5.92 Å². The quantitative estimate of drug-likeness (QED) is 0.852. The third-order valence-electron chi connectivity index (χ3n) is 3.48. The van der Waals surface area contributed by atoms with Gasteiger partial charge in [-0.15, -0.1) is 0 Å². The maximum atomic E-state index is 12.4. The number of hydrogen-bond donors (Lipinski definition) is 2. The molecule has 0 saturated carbocycles. The summed E-state index contributed by atoms with van der Waals surface area (Å²) >= 11 is 0. The molecule has 0 fully saturated rings. The van der Waals surface area contributed by atoms with Gasteiger partial charge in [0.2, 0.25) is 5.91 Å². The number of ether oxygens (including phenoxy) is 1. The second-order valence-corrected chi connectivity index (χ2v) is 5.78. The van der Waals surface area contributed by atoms with Crippen LogP contribution >= 0.6 is 0 Å². The highest BCUT2D eigenvalue weighted by Gasteiger charge is 2.24. The molecule has 2 aromatic carbocycles. The number of anilines is 1. The van der Waals surface area contributed by atoms with Crippen LogP contribution in [0.25, 0.3) is 0 Å². The van der Waals surface area contributed by atoms with Crippen molar-refractivity contribution in [1.29, 1.82) is 0 Å². The highest BCUT2D eigenvalue weighted by atomic mass is 16.5. The molecule has 0 aliphatic heterocycles. The van der Waals surface area contributed by atoms with E-state index in [1.165, 1.54) is 0 Å². The van der Waals surface area contributed by atoms with E-state index in [1.54, 1.807) is 12.1 Å². The predicted molar refractivity (Wildman–Crippen MR) is 93.5 cm³/mol. The molecule has 126 valence electrons. The van der Waals surface area contributed by atoms with Gasteiger partial charge in [-0.25, -0.2) is 4.79 Å². The number of alkyl carbamates (subject to hydrolysis) is 1. The van der Waals surface area contributed by atoms with Crippen LogP contribution in [0.15, 0.2) is 60.7 Å². The molecule has 5 heteroatoms. The molecule has 0 bridgehead atoms. The van der Waals surface area contributed by atoms with Crippen molar-refractivity contribution >= 4 is 17.7 Å². The summed E-state index contributed by atoms with van der Waals surface area (Å²) in [6, 6.07) is 17.8. The maximum absolute atomic E-state index is 12.4. The Morgan fingerprint density at radius 3 is 2.12 bits per heavy atom. The van der Waals surface area contributed by atoms with E-state index in [2.05, 4.69) is 10.6 Å². The molecule has 1 atom stereocenters. The molecule has 24 heavy (non-hydrogen) atoms. The van der Waals surface area contributed by atoms with Gasteiger partial charge in [0, 0.05) is 5.69 Å². The summed E-state index contributed by atoms with van der Waals surface area (Å²) in [6.07, 6.45) is -0.610. The van der Waals surface area contributed by atoms with Crippen molar-refractivity contribution < 1.29 is 14.3 Å². The fourth-order valence-electron chi connectivity index (χ4n) is 2.17. The lowest BCUT2D eigenvalue weighted by atomic mass is 10.0. The first-order valence-corrected chi connectivity index (χ1v) is 7.89. The Balaban J connectivity index is 1.90. The number of amides is 2. The summed E-state index contributed by atoms with van der Waals surface area (Å²) in [6.45, 7) is 3.90. The summed E-state index contributed by atoms with van der Waals surface area (Å²) < 4.78 is 5.18. The van der Waals surface area contributed by atoms with Crippen molar-refractivity contribution in [1.82, 2.24) is 5.32 Å². The van der Waals surface area contributed by atoms with Crippen LogP contribution < -0.4 is 10.6 Å². The van der Waals surface area contributed by atoms with E-state index < -0.39 is 12.1 Å². The zero-order valence-electron chi connectivity index (χ0n) is 13.9.